The highest BCUT2D eigenvalue weighted by Gasteiger charge is 2.20. The largest absolute Gasteiger partial charge is 0.361 e. The van der Waals surface area contributed by atoms with E-state index in [4.69, 9.17) is 10.00 Å². The number of hydrogen-bond donors (Lipinski definition) is 0. The Morgan fingerprint density at radius 3 is 3.17 bits per heavy atom. The number of carbonyl (C=O) groups is 1. The Kier molecular flexibility index (Phi) is 3.20. The monoisotopic (exact) mass is 168 g/mol. The van der Waals surface area contributed by atoms with Gasteiger partial charge in [0.15, 0.2) is 6.10 Å². The zero-order valence-corrected chi connectivity index (χ0v) is 7.12. The van der Waals surface area contributed by atoms with Gasteiger partial charge in [-0.1, -0.05) is 0 Å². The number of nitrogens with zero attached hydrogens (tertiary/aromatic N) is 2. The summed E-state index contributed by atoms with van der Waals surface area (Å²) in [7, 11) is 0. The van der Waals surface area contributed by atoms with Gasteiger partial charge in [0, 0.05) is 13.1 Å². The molecule has 0 saturated carbocycles. The first-order valence-electron chi connectivity index (χ1n) is 3.95. The summed E-state index contributed by atoms with van der Waals surface area (Å²) in [6.07, 6.45) is -0.363. The van der Waals surface area contributed by atoms with Crippen molar-refractivity contribution >= 4 is 5.78 Å². The summed E-state index contributed by atoms with van der Waals surface area (Å²) in [6.45, 7) is 3.83. The molecule has 0 N–H and O–H groups in total. The highest BCUT2D eigenvalue weighted by molar-refractivity contribution is 5.77. The lowest BCUT2D eigenvalue weighted by atomic mass is 10.3. The fourth-order valence-corrected chi connectivity index (χ4v) is 1.24. The van der Waals surface area contributed by atoms with Gasteiger partial charge in [0.2, 0.25) is 0 Å². The van der Waals surface area contributed by atoms with E-state index in [0.29, 0.717) is 19.7 Å². The molecule has 0 aliphatic carbocycles. The van der Waals surface area contributed by atoms with Crippen LogP contribution < -0.4 is 0 Å². The predicted molar refractivity (Wildman–Crippen MR) is 42.5 cm³/mol. The third-order valence-electron chi connectivity index (χ3n) is 1.74. The summed E-state index contributed by atoms with van der Waals surface area (Å²) in [5.41, 5.74) is 0. The van der Waals surface area contributed by atoms with Crippen LogP contribution in [0.25, 0.3) is 0 Å². The number of rotatable bonds is 2. The Hall–Kier alpha value is -0.920. The van der Waals surface area contributed by atoms with Gasteiger partial charge in [-0.25, -0.2) is 0 Å². The lowest BCUT2D eigenvalue weighted by molar-refractivity contribution is -0.119. The van der Waals surface area contributed by atoms with Crippen molar-refractivity contribution in [1.82, 2.24) is 4.90 Å². The van der Waals surface area contributed by atoms with Crippen LogP contribution in [-0.2, 0) is 9.53 Å². The second-order valence-corrected chi connectivity index (χ2v) is 2.93. The quantitative estimate of drug-likeness (QED) is 0.573. The van der Waals surface area contributed by atoms with Crippen molar-refractivity contribution in [1.29, 1.82) is 5.26 Å². The molecule has 4 nitrogen and oxygen atoms in total. The smallest absolute Gasteiger partial charge is 0.156 e. The summed E-state index contributed by atoms with van der Waals surface area (Å²) < 4.78 is 5.12. The molecule has 0 bridgehead atoms. The van der Waals surface area contributed by atoms with E-state index in [0.717, 1.165) is 6.54 Å². The number of ketones is 1. The summed E-state index contributed by atoms with van der Waals surface area (Å²) >= 11 is 0. The average Bonchev–Trinajstić information content (AvgIpc) is 2.03. The molecule has 0 amide bonds. The van der Waals surface area contributed by atoms with E-state index in [1.54, 1.807) is 6.92 Å². The Morgan fingerprint density at radius 2 is 2.58 bits per heavy atom. The molecule has 1 atom stereocenters. The van der Waals surface area contributed by atoms with E-state index >= 15 is 0 Å². The van der Waals surface area contributed by atoms with Crippen molar-refractivity contribution < 1.29 is 9.53 Å². The third kappa shape index (κ3) is 2.61. The van der Waals surface area contributed by atoms with E-state index in [1.165, 1.54) is 0 Å². The zero-order chi connectivity index (χ0) is 8.97. The molecule has 0 aromatic heterocycles. The van der Waals surface area contributed by atoms with Crippen molar-refractivity contribution in [2.45, 2.75) is 13.0 Å². The lowest BCUT2D eigenvalue weighted by Crippen LogP contribution is -2.43. The fourth-order valence-electron chi connectivity index (χ4n) is 1.24. The van der Waals surface area contributed by atoms with Gasteiger partial charge in [-0.05, 0) is 6.92 Å². The minimum absolute atomic E-state index is 0.133. The molecule has 1 heterocycles. The molecule has 0 radical (unpaired) electrons. The van der Waals surface area contributed by atoms with Crippen LogP contribution in [0.15, 0.2) is 0 Å². The van der Waals surface area contributed by atoms with Crippen LogP contribution in [0.5, 0.6) is 0 Å². The van der Waals surface area contributed by atoms with Gasteiger partial charge >= 0.3 is 0 Å². The van der Waals surface area contributed by atoms with Crippen molar-refractivity contribution in [2.75, 3.05) is 26.2 Å². The number of Topliss-reactive ketones (excluding diaryl/α,β-unsaturated/α-hetero) is 1. The first-order chi connectivity index (χ1) is 5.72. The minimum atomic E-state index is -0.363. The normalized spacial score (nSPS) is 24.8. The number of morpholine rings is 1. The zero-order valence-electron chi connectivity index (χ0n) is 7.12. The first kappa shape index (κ1) is 9.17. The Labute approximate surface area is 71.7 Å². The van der Waals surface area contributed by atoms with Crippen LogP contribution in [0.4, 0.5) is 0 Å². The van der Waals surface area contributed by atoms with Gasteiger partial charge in [0.25, 0.3) is 0 Å². The van der Waals surface area contributed by atoms with Crippen LogP contribution in [0.2, 0.25) is 0 Å². The summed E-state index contributed by atoms with van der Waals surface area (Å²) in [5.74, 6) is 0.133. The molecule has 4 heteroatoms. The number of ether oxygens (including phenoxy) is 1. The molecular formula is C8H12N2O2. The van der Waals surface area contributed by atoms with Gasteiger partial charge < -0.3 is 4.74 Å². The van der Waals surface area contributed by atoms with E-state index in [2.05, 4.69) is 0 Å². The molecule has 1 unspecified atom stereocenters. The van der Waals surface area contributed by atoms with Gasteiger partial charge in [0.1, 0.15) is 5.78 Å². The average molecular weight is 168 g/mol. The van der Waals surface area contributed by atoms with E-state index in [9.17, 15) is 4.79 Å². The molecule has 1 aliphatic rings. The Balaban J connectivity index is 2.36. The molecule has 0 spiro atoms. The molecule has 1 fully saturated rings. The van der Waals surface area contributed by atoms with Crippen LogP contribution in [0, 0.1) is 11.3 Å². The van der Waals surface area contributed by atoms with Crippen LogP contribution in [0.3, 0.4) is 0 Å². The van der Waals surface area contributed by atoms with Gasteiger partial charge in [-0.2, -0.15) is 5.26 Å². The second-order valence-electron chi connectivity index (χ2n) is 2.93. The highest BCUT2D eigenvalue weighted by Crippen LogP contribution is 2.03. The summed E-state index contributed by atoms with van der Waals surface area (Å²) in [5, 5.41) is 8.56. The molecule has 1 aliphatic heterocycles. The van der Waals surface area contributed by atoms with E-state index in [-0.39, 0.29) is 11.9 Å². The second kappa shape index (κ2) is 4.19. The molecule has 0 aromatic carbocycles. The molecule has 66 valence electrons. The maximum absolute atomic E-state index is 10.7. The summed E-state index contributed by atoms with van der Waals surface area (Å²) in [4.78, 5) is 12.7. The van der Waals surface area contributed by atoms with Crippen molar-refractivity contribution in [3.05, 3.63) is 0 Å². The highest BCUT2D eigenvalue weighted by atomic mass is 16.5. The number of nitriles is 1. The Bertz CT molecular complexity index is 210. The van der Waals surface area contributed by atoms with Crippen molar-refractivity contribution in [3.63, 3.8) is 0 Å². The number of carbonyl (C=O) groups excluding carboxylic acids is 1. The molecular weight excluding hydrogens is 156 g/mol. The van der Waals surface area contributed by atoms with Crippen LogP contribution in [-0.4, -0.2) is 43.0 Å². The predicted octanol–water partition coefficient (Wildman–Crippen LogP) is -0.200. The third-order valence-corrected chi connectivity index (χ3v) is 1.74. The fraction of sp³-hybridized carbons (Fsp3) is 0.750. The molecule has 0 aromatic rings. The first-order valence-corrected chi connectivity index (χ1v) is 3.95. The van der Waals surface area contributed by atoms with E-state index in [1.807, 2.05) is 11.0 Å². The van der Waals surface area contributed by atoms with Gasteiger partial charge in [0.05, 0.1) is 19.2 Å². The van der Waals surface area contributed by atoms with Crippen LogP contribution >= 0.6 is 0 Å². The standard InChI is InChI=1S/C8H12N2O2/c1-7(11)5-10-2-3-12-8(4-9)6-10/h8H,2-3,5-6H2,1H3. The lowest BCUT2D eigenvalue weighted by Gasteiger charge is -2.28. The van der Waals surface area contributed by atoms with Gasteiger partial charge in [-0.3, -0.25) is 9.69 Å². The topological polar surface area (TPSA) is 53.3 Å². The van der Waals surface area contributed by atoms with Crippen molar-refractivity contribution in [3.8, 4) is 6.07 Å². The maximum Gasteiger partial charge on any atom is 0.156 e. The van der Waals surface area contributed by atoms with Crippen molar-refractivity contribution in [2.24, 2.45) is 0 Å². The molecule has 12 heavy (non-hydrogen) atoms. The minimum Gasteiger partial charge on any atom is -0.361 e. The number of hydrogen-bond acceptors (Lipinski definition) is 4. The summed E-state index contributed by atoms with van der Waals surface area (Å²) in [6, 6.07) is 2.03. The maximum atomic E-state index is 10.7. The SMILES string of the molecule is CC(=O)CN1CCOC(C#N)C1. The van der Waals surface area contributed by atoms with Gasteiger partial charge in [-0.15, -0.1) is 0 Å². The van der Waals surface area contributed by atoms with Crippen LogP contribution in [0.1, 0.15) is 6.92 Å². The Morgan fingerprint density at radius 1 is 1.83 bits per heavy atom. The molecule has 1 rings (SSSR count). The molecule has 1 saturated heterocycles. The van der Waals surface area contributed by atoms with E-state index < -0.39 is 0 Å².